The molecule has 2 atom stereocenters. The third-order valence-electron chi connectivity index (χ3n) is 4.16. The van der Waals surface area contributed by atoms with E-state index in [1.807, 2.05) is 0 Å². The molecule has 0 aromatic carbocycles. The summed E-state index contributed by atoms with van der Waals surface area (Å²) in [6.07, 6.45) is 6.90. The van der Waals surface area contributed by atoms with E-state index in [1.165, 1.54) is 45.2 Å². The molecule has 2 aliphatic rings. The highest BCUT2D eigenvalue weighted by atomic mass is 16.5. The summed E-state index contributed by atoms with van der Waals surface area (Å²) in [6.45, 7) is 8.86. The number of nitrogens with zero attached hydrogens (tertiary/aromatic N) is 1. The highest BCUT2D eigenvalue weighted by molar-refractivity contribution is 4.83. The predicted octanol–water partition coefficient (Wildman–Crippen LogP) is 1.88. The molecule has 3 nitrogen and oxygen atoms in total. The molecule has 17 heavy (non-hydrogen) atoms. The lowest BCUT2D eigenvalue weighted by Crippen LogP contribution is -2.47. The van der Waals surface area contributed by atoms with Crippen LogP contribution in [0.25, 0.3) is 0 Å². The molecule has 2 fully saturated rings. The molecule has 1 heterocycles. The van der Waals surface area contributed by atoms with Crippen molar-refractivity contribution in [2.45, 2.75) is 45.1 Å². The van der Waals surface area contributed by atoms with Crippen LogP contribution in [0.15, 0.2) is 0 Å². The standard InChI is InChI=1S/C14H28N2O/c1-2-7-15-14-6-4-3-5-13(14)12-16-8-10-17-11-9-16/h13-15H,2-12H2,1H3. The van der Waals surface area contributed by atoms with E-state index in [0.29, 0.717) is 0 Å². The molecule has 0 radical (unpaired) electrons. The minimum atomic E-state index is 0.770. The van der Waals surface area contributed by atoms with E-state index in [2.05, 4.69) is 17.1 Å². The normalized spacial score (nSPS) is 31.6. The van der Waals surface area contributed by atoms with E-state index in [9.17, 15) is 0 Å². The SMILES string of the molecule is CCCNC1CCCCC1CN1CCOCC1. The number of nitrogens with one attached hydrogen (secondary N) is 1. The fourth-order valence-electron chi connectivity index (χ4n) is 3.14. The van der Waals surface area contributed by atoms with Crippen LogP contribution < -0.4 is 5.32 Å². The highest BCUT2D eigenvalue weighted by Gasteiger charge is 2.26. The van der Waals surface area contributed by atoms with Crippen LogP contribution >= 0.6 is 0 Å². The first-order valence-electron chi connectivity index (χ1n) is 7.43. The second kappa shape index (κ2) is 7.34. The van der Waals surface area contributed by atoms with Gasteiger partial charge in [0.25, 0.3) is 0 Å². The zero-order valence-corrected chi connectivity index (χ0v) is 11.3. The quantitative estimate of drug-likeness (QED) is 0.794. The van der Waals surface area contributed by atoms with E-state index in [0.717, 1.165) is 38.3 Å². The van der Waals surface area contributed by atoms with Crippen molar-refractivity contribution in [3.8, 4) is 0 Å². The van der Waals surface area contributed by atoms with Crippen molar-refractivity contribution in [3.63, 3.8) is 0 Å². The third-order valence-corrected chi connectivity index (χ3v) is 4.16. The molecular formula is C14H28N2O. The van der Waals surface area contributed by atoms with Gasteiger partial charge in [0.15, 0.2) is 0 Å². The second-order valence-electron chi connectivity index (χ2n) is 5.52. The largest absolute Gasteiger partial charge is 0.379 e. The van der Waals surface area contributed by atoms with Gasteiger partial charge in [-0.1, -0.05) is 19.8 Å². The lowest BCUT2D eigenvalue weighted by molar-refractivity contribution is 0.0244. The van der Waals surface area contributed by atoms with Crippen LogP contribution in [0, 0.1) is 5.92 Å². The summed E-state index contributed by atoms with van der Waals surface area (Å²) in [5.41, 5.74) is 0. The smallest absolute Gasteiger partial charge is 0.0594 e. The van der Waals surface area contributed by atoms with Gasteiger partial charge in [0.2, 0.25) is 0 Å². The summed E-state index contributed by atoms with van der Waals surface area (Å²) in [7, 11) is 0. The monoisotopic (exact) mass is 240 g/mol. The van der Waals surface area contributed by atoms with Gasteiger partial charge in [0.1, 0.15) is 0 Å². The van der Waals surface area contributed by atoms with Crippen molar-refractivity contribution in [2.75, 3.05) is 39.4 Å². The summed E-state index contributed by atoms with van der Waals surface area (Å²) in [5.74, 6) is 0.869. The molecule has 0 amide bonds. The van der Waals surface area contributed by atoms with Crippen LogP contribution in [0.5, 0.6) is 0 Å². The maximum Gasteiger partial charge on any atom is 0.0594 e. The molecule has 1 saturated heterocycles. The molecule has 1 aliphatic carbocycles. The Morgan fingerprint density at radius 2 is 1.94 bits per heavy atom. The molecule has 100 valence electrons. The average Bonchev–Trinajstić information content (AvgIpc) is 2.39. The summed E-state index contributed by atoms with van der Waals surface area (Å²) < 4.78 is 5.42. The third kappa shape index (κ3) is 4.23. The van der Waals surface area contributed by atoms with Crippen LogP contribution in [-0.2, 0) is 4.74 Å². The van der Waals surface area contributed by atoms with Gasteiger partial charge in [-0.2, -0.15) is 0 Å². The van der Waals surface area contributed by atoms with Crippen molar-refractivity contribution < 1.29 is 4.74 Å². The average molecular weight is 240 g/mol. The van der Waals surface area contributed by atoms with Crippen LogP contribution in [-0.4, -0.2) is 50.3 Å². The molecule has 1 N–H and O–H groups in total. The van der Waals surface area contributed by atoms with Crippen molar-refractivity contribution in [3.05, 3.63) is 0 Å². The molecule has 1 saturated carbocycles. The van der Waals surface area contributed by atoms with E-state index in [-0.39, 0.29) is 0 Å². The lowest BCUT2D eigenvalue weighted by Gasteiger charge is -2.37. The first-order valence-corrected chi connectivity index (χ1v) is 7.43. The minimum Gasteiger partial charge on any atom is -0.379 e. The Bertz CT molecular complexity index is 204. The number of hydrogen-bond acceptors (Lipinski definition) is 3. The summed E-state index contributed by atoms with van der Waals surface area (Å²) in [6, 6.07) is 0.770. The molecule has 3 heteroatoms. The number of ether oxygens (including phenoxy) is 1. The number of hydrogen-bond donors (Lipinski definition) is 1. The van der Waals surface area contributed by atoms with Crippen molar-refractivity contribution in [2.24, 2.45) is 5.92 Å². The Morgan fingerprint density at radius 1 is 1.18 bits per heavy atom. The van der Waals surface area contributed by atoms with Crippen molar-refractivity contribution in [1.29, 1.82) is 0 Å². The Kier molecular flexibility index (Phi) is 5.75. The van der Waals surface area contributed by atoms with Gasteiger partial charge in [0, 0.05) is 25.7 Å². The van der Waals surface area contributed by atoms with Gasteiger partial charge in [-0.3, -0.25) is 4.90 Å². The van der Waals surface area contributed by atoms with Gasteiger partial charge in [-0.25, -0.2) is 0 Å². The van der Waals surface area contributed by atoms with Crippen LogP contribution in [0.2, 0.25) is 0 Å². The maximum atomic E-state index is 5.42. The summed E-state index contributed by atoms with van der Waals surface area (Å²) >= 11 is 0. The Labute approximate surface area is 106 Å². The van der Waals surface area contributed by atoms with Gasteiger partial charge < -0.3 is 10.1 Å². The van der Waals surface area contributed by atoms with E-state index in [1.54, 1.807) is 0 Å². The van der Waals surface area contributed by atoms with Gasteiger partial charge >= 0.3 is 0 Å². The molecule has 0 bridgehead atoms. The molecule has 0 aromatic rings. The van der Waals surface area contributed by atoms with Crippen LogP contribution in [0.3, 0.4) is 0 Å². The zero-order chi connectivity index (χ0) is 11.9. The molecular weight excluding hydrogens is 212 g/mol. The van der Waals surface area contributed by atoms with E-state index in [4.69, 9.17) is 4.74 Å². The molecule has 2 rings (SSSR count). The summed E-state index contributed by atoms with van der Waals surface area (Å²) in [4.78, 5) is 2.60. The molecule has 1 aliphatic heterocycles. The van der Waals surface area contributed by atoms with Gasteiger partial charge in [-0.05, 0) is 31.7 Å². The minimum absolute atomic E-state index is 0.770. The predicted molar refractivity (Wildman–Crippen MR) is 71.3 cm³/mol. The summed E-state index contributed by atoms with van der Waals surface area (Å²) in [5, 5.41) is 3.75. The highest BCUT2D eigenvalue weighted by Crippen LogP contribution is 2.25. The van der Waals surface area contributed by atoms with Crippen molar-refractivity contribution in [1.82, 2.24) is 10.2 Å². The molecule has 2 unspecified atom stereocenters. The second-order valence-corrected chi connectivity index (χ2v) is 5.52. The Hall–Kier alpha value is -0.120. The van der Waals surface area contributed by atoms with Gasteiger partial charge in [-0.15, -0.1) is 0 Å². The van der Waals surface area contributed by atoms with E-state index >= 15 is 0 Å². The first kappa shape index (κ1) is 13.3. The van der Waals surface area contributed by atoms with Crippen LogP contribution in [0.1, 0.15) is 39.0 Å². The molecule has 0 aromatic heterocycles. The van der Waals surface area contributed by atoms with Crippen LogP contribution in [0.4, 0.5) is 0 Å². The Balaban J connectivity index is 1.78. The molecule has 0 spiro atoms. The zero-order valence-electron chi connectivity index (χ0n) is 11.3. The fourth-order valence-corrected chi connectivity index (χ4v) is 3.14. The lowest BCUT2D eigenvalue weighted by atomic mass is 9.84. The maximum absolute atomic E-state index is 5.42. The van der Waals surface area contributed by atoms with Crippen molar-refractivity contribution >= 4 is 0 Å². The first-order chi connectivity index (χ1) is 8.40. The van der Waals surface area contributed by atoms with E-state index < -0.39 is 0 Å². The van der Waals surface area contributed by atoms with Gasteiger partial charge in [0.05, 0.1) is 13.2 Å². The fraction of sp³-hybridized carbons (Fsp3) is 1.00. The number of rotatable bonds is 5. The Morgan fingerprint density at radius 3 is 2.71 bits per heavy atom. The number of morpholine rings is 1. The topological polar surface area (TPSA) is 24.5 Å².